The van der Waals surface area contributed by atoms with Crippen LogP contribution in [0.15, 0.2) is 42.5 Å². The molecule has 0 amide bonds. The molecule has 0 radical (unpaired) electrons. The first-order valence-corrected chi connectivity index (χ1v) is 7.00. The Morgan fingerprint density at radius 1 is 1.05 bits per heavy atom. The molecule has 0 fully saturated rings. The molecule has 0 atom stereocenters. The van der Waals surface area contributed by atoms with Gasteiger partial charge in [0.25, 0.3) is 0 Å². The van der Waals surface area contributed by atoms with Gasteiger partial charge >= 0.3 is 0 Å². The van der Waals surface area contributed by atoms with Crippen molar-refractivity contribution in [3.8, 4) is 0 Å². The molecule has 0 unspecified atom stereocenters. The lowest BCUT2D eigenvalue weighted by Gasteiger charge is -2.09. The highest BCUT2D eigenvalue weighted by atomic mass is 35.5. The van der Waals surface area contributed by atoms with Crippen molar-refractivity contribution in [3.63, 3.8) is 0 Å². The number of hydrogen-bond donors (Lipinski definition) is 0. The predicted octanol–water partition coefficient (Wildman–Crippen LogP) is 5.24. The summed E-state index contributed by atoms with van der Waals surface area (Å²) in [5.74, 6) is 0.580. The molecule has 19 heavy (non-hydrogen) atoms. The van der Waals surface area contributed by atoms with E-state index in [9.17, 15) is 0 Å². The second-order valence-electron chi connectivity index (χ2n) is 5.38. The average Bonchev–Trinajstić information content (AvgIpc) is 2.38. The van der Waals surface area contributed by atoms with Crippen molar-refractivity contribution in [1.29, 1.82) is 0 Å². The van der Waals surface area contributed by atoms with Gasteiger partial charge < -0.3 is 0 Å². The summed E-state index contributed by atoms with van der Waals surface area (Å²) < 4.78 is 0. The standard InChI is InChI=1S/C17H16ClN/c1-11(2)9-13-10-16(18)15-8-7-12-5-3-4-6-14(12)17(15)19-13/h3-8,10-11H,9H2,1-2H3. The molecule has 0 aliphatic carbocycles. The van der Waals surface area contributed by atoms with Crippen LogP contribution in [0.5, 0.6) is 0 Å². The lowest BCUT2D eigenvalue weighted by molar-refractivity contribution is 0.637. The summed E-state index contributed by atoms with van der Waals surface area (Å²) in [6.07, 6.45) is 0.957. The molecule has 1 nitrogen and oxygen atoms in total. The molecule has 0 spiro atoms. The number of nitrogens with zero attached hydrogens (tertiary/aromatic N) is 1. The molecule has 96 valence electrons. The van der Waals surface area contributed by atoms with Gasteiger partial charge in [0.2, 0.25) is 0 Å². The van der Waals surface area contributed by atoms with Gasteiger partial charge in [-0.1, -0.05) is 61.8 Å². The van der Waals surface area contributed by atoms with E-state index in [4.69, 9.17) is 16.6 Å². The third-order valence-corrected chi connectivity index (χ3v) is 3.64. The molecule has 1 heterocycles. The summed E-state index contributed by atoms with van der Waals surface area (Å²) in [5.41, 5.74) is 2.09. The van der Waals surface area contributed by atoms with Crippen LogP contribution in [0, 0.1) is 5.92 Å². The van der Waals surface area contributed by atoms with E-state index in [1.54, 1.807) is 0 Å². The molecule has 0 bridgehead atoms. The summed E-state index contributed by atoms with van der Waals surface area (Å²) in [4.78, 5) is 4.82. The smallest absolute Gasteiger partial charge is 0.0798 e. The van der Waals surface area contributed by atoms with Crippen molar-refractivity contribution in [2.24, 2.45) is 5.92 Å². The van der Waals surface area contributed by atoms with E-state index in [2.05, 4.69) is 38.1 Å². The number of benzene rings is 2. The number of fused-ring (bicyclic) bond motifs is 3. The van der Waals surface area contributed by atoms with Crippen molar-refractivity contribution in [3.05, 3.63) is 53.2 Å². The van der Waals surface area contributed by atoms with Crippen LogP contribution in [0.25, 0.3) is 21.7 Å². The molecule has 0 aliphatic heterocycles. The third kappa shape index (κ3) is 2.31. The normalized spacial score (nSPS) is 11.6. The van der Waals surface area contributed by atoms with E-state index >= 15 is 0 Å². The second-order valence-corrected chi connectivity index (χ2v) is 5.78. The van der Waals surface area contributed by atoms with Crippen LogP contribution < -0.4 is 0 Å². The predicted molar refractivity (Wildman–Crippen MR) is 82.8 cm³/mol. The maximum absolute atomic E-state index is 6.41. The minimum atomic E-state index is 0.580. The van der Waals surface area contributed by atoms with E-state index in [0.29, 0.717) is 5.92 Å². The summed E-state index contributed by atoms with van der Waals surface area (Å²) in [6, 6.07) is 14.5. The molecule has 0 saturated heterocycles. The van der Waals surface area contributed by atoms with Gasteiger partial charge in [0.05, 0.1) is 10.5 Å². The molecule has 3 aromatic rings. The van der Waals surface area contributed by atoms with E-state index < -0.39 is 0 Å². The van der Waals surface area contributed by atoms with Crippen molar-refractivity contribution in [1.82, 2.24) is 4.98 Å². The fourth-order valence-electron chi connectivity index (χ4n) is 2.49. The van der Waals surface area contributed by atoms with E-state index in [-0.39, 0.29) is 0 Å². The number of rotatable bonds is 2. The maximum atomic E-state index is 6.41. The molecule has 2 aromatic carbocycles. The van der Waals surface area contributed by atoms with Crippen LogP contribution in [-0.4, -0.2) is 4.98 Å². The van der Waals surface area contributed by atoms with Gasteiger partial charge in [-0.05, 0) is 23.8 Å². The summed E-state index contributed by atoms with van der Waals surface area (Å²) in [6.45, 7) is 4.39. The zero-order valence-corrected chi connectivity index (χ0v) is 11.9. The van der Waals surface area contributed by atoms with E-state index in [0.717, 1.165) is 28.0 Å². The SMILES string of the molecule is CC(C)Cc1cc(Cl)c2ccc3ccccc3c2n1. The lowest BCUT2D eigenvalue weighted by Crippen LogP contribution is -1.98. The first-order chi connectivity index (χ1) is 9.15. The maximum Gasteiger partial charge on any atom is 0.0798 e. The van der Waals surface area contributed by atoms with Gasteiger partial charge in [-0.15, -0.1) is 0 Å². The highest BCUT2D eigenvalue weighted by Crippen LogP contribution is 2.29. The molecule has 0 aliphatic rings. The van der Waals surface area contributed by atoms with Gasteiger partial charge in [-0.3, -0.25) is 4.98 Å². The van der Waals surface area contributed by atoms with Crippen LogP contribution in [0.3, 0.4) is 0 Å². The largest absolute Gasteiger partial charge is 0.252 e. The number of pyridine rings is 1. The van der Waals surface area contributed by atoms with Gasteiger partial charge in [-0.25, -0.2) is 0 Å². The van der Waals surface area contributed by atoms with Crippen molar-refractivity contribution in [2.75, 3.05) is 0 Å². The van der Waals surface area contributed by atoms with Gasteiger partial charge in [0.15, 0.2) is 0 Å². The average molecular weight is 270 g/mol. The first-order valence-electron chi connectivity index (χ1n) is 6.62. The minimum absolute atomic E-state index is 0.580. The molecule has 0 N–H and O–H groups in total. The topological polar surface area (TPSA) is 12.9 Å². The number of aromatic nitrogens is 1. The second kappa shape index (κ2) is 4.82. The summed E-state index contributed by atoms with van der Waals surface area (Å²) in [5, 5.41) is 4.21. The first kappa shape index (κ1) is 12.4. The molecular formula is C17H16ClN. The third-order valence-electron chi connectivity index (χ3n) is 3.32. The van der Waals surface area contributed by atoms with E-state index in [1.165, 1.54) is 10.8 Å². The lowest BCUT2D eigenvalue weighted by atomic mass is 10.0. The fourth-order valence-corrected chi connectivity index (χ4v) is 2.77. The molecule has 3 rings (SSSR count). The minimum Gasteiger partial charge on any atom is -0.252 e. The quantitative estimate of drug-likeness (QED) is 0.580. The van der Waals surface area contributed by atoms with Crippen molar-refractivity contribution >= 4 is 33.3 Å². The van der Waals surface area contributed by atoms with Crippen LogP contribution in [0.4, 0.5) is 0 Å². The zero-order valence-electron chi connectivity index (χ0n) is 11.2. The molecular weight excluding hydrogens is 254 g/mol. The number of halogens is 1. The number of hydrogen-bond acceptors (Lipinski definition) is 1. The van der Waals surface area contributed by atoms with Crippen LogP contribution in [0.2, 0.25) is 5.02 Å². The monoisotopic (exact) mass is 269 g/mol. The Hall–Kier alpha value is -1.60. The Kier molecular flexibility index (Phi) is 3.16. The van der Waals surface area contributed by atoms with Crippen molar-refractivity contribution in [2.45, 2.75) is 20.3 Å². The van der Waals surface area contributed by atoms with Gasteiger partial charge in [-0.2, -0.15) is 0 Å². The Bertz CT molecular complexity index is 747. The highest BCUT2D eigenvalue weighted by Gasteiger charge is 2.08. The highest BCUT2D eigenvalue weighted by molar-refractivity contribution is 6.36. The molecule has 2 heteroatoms. The Morgan fingerprint density at radius 2 is 1.84 bits per heavy atom. The van der Waals surface area contributed by atoms with E-state index in [1.807, 2.05) is 18.2 Å². The van der Waals surface area contributed by atoms with Crippen LogP contribution in [0.1, 0.15) is 19.5 Å². The van der Waals surface area contributed by atoms with Crippen molar-refractivity contribution < 1.29 is 0 Å². The fraction of sp³-hybridized carbons (Fsp3) is 0.235. The van der Waals surface area contributed by atoms with Crippen LogP contribution in [-0.2, 0) is 6.42 Å². The molecule has 1 aromatic heterocycles. The molecule has 0 saturated carbocycles. The summed E-state index contributed by atoms with van der Waals surface area (Å²) >= 11 is 6.41. The van der Waals surface area contributed by atoms with Gasteiger partial charge in [0.1, 0.15) is 0 Å². The Balaban J connectivity index is 2.33. The van der Waals surface area contributed by atoms with Crippen LogP contribution >= 0.6 is 11.6 Å². The van der Waals surface area contributed by atoms with Gasteiger partial charge in [0, 0.05) is 16.5 Å². The Labute approximate surface area is 118 Å². The summed E-state index contributed by atoms with van der Waals surface area (Å²) in [7, 11) is 0. The zero-order chi connectivity index (χ0) is 13.4. The Morgan fingerprint density at radius 3 is 2.63 bits per heavy atom.